The number of aromatic nitrogens is 3. The van der Waals surface area contributed by atoms with Gasteiger partial charge in [-0.25, -0.2) is 9.18 Å². The van der Waals surface area contributed by atoms with E-state index in [0.29, 0.717) is 24.7 Å². The lowest BCUT2D eigenvalue weighted by atomic mass is 10.1. The Morgan fingerprint density at radius 3 is 2.65 bits per heavy atom. The van der Waals surface area contributed by atoms with Gasteiger partial charge in [0.25, 0.3) is 5.91 Å². The van der Waals surface area contributed by atoms with Crippen molar-refractivity contribution in [2.24, 2.45) is 13.0 Å². The zero-order valence-electron chi connectivity index (χ0n) is 18.9. The van der Waals surface area contributed by atoms with Crippen molar-refractivity contribution in [2.45, 2.75) is 71.8 Å². The van der Waals surface area contributed by atoms with Crippen LogP contribution in [-0.4, -0.2) is 32.9 Å². The van der Waals surface area contributed by atoms with Crippen molar-refractivity contribution in [3.8, 4) is 11.4 Å². The second-order valence-electron chi connectivity index (χ2n) is 8.40. The lowest BCUT2D eigenvalue weighted by molar-refractivity contribution is 0.0939. The number of halogens is 1. The Bertz CT molecular complexity index is 976. The summed E-state index contributed by atoms with van der Waals surface area (Å²) in [6.45, 7) is 6.41. The number of hydrogen-bond donors (Lipinski definition) is 1. The maximum Gasteiger partial charge on any atom is 0.350 e. The summed E-state index contributed by atoms with van der Waals surface area (Å²) in [5.41, 5.74) is -0.324. The zero-order chi connectivity index (χ0) is 22.5. The van der Waals surface area contributed by atoms with Crippen LogP contribution in [0.3, 0.4) is 0 Å². The van der Waals surface area contributed by atoms with E-state index in [9.17, 15) is 9.59 Å². The smallest absolute Gasteiger partial charge is 0.350 e. The normalized spacial score (nSPS) is 15.3. The first-order valence-electron chi connectivity index (χ1n) is 11.3. The number of ether oxygens (including phenoxy) is 1. The number of nitrogens with zero attached hydrogens (tertiary/aromatic N) is 3. The Balaban J connectivity index is 1.97. The minimum absolute atomic E-state index is 0.0219. The number of amides is 1. The minimum Gasteiger partial charge on any atom is -0.490 e. The molecule has 8 heteroatoms. The van der Waals surface area contributed by atoms with Crippen LogP contribution < -0.4 is 15.7 Å². The fourth-order valence-corrected chi connectivity index (χ4v) is 4.15. The van der Waals surface area contributed by atoms with Gasteiger partial charge in [0.2, 0.25) is 0 Å². The van der Waals surface area contributed by atoms with E-state index < -0.39 is 11.5 Å². The standard InChI is InChI=1S/C23H33FN4O3/c1-5-9-15(3)31-20-13-19(28-23(30)27(4)21(6-2)26-28)18(24)12-17(20)22(29)25-14-16-10-7-8-11-16/h12-13,15-16H,5-11,14H2,1-4H3,(H,25,29)/t15-/m0/s1. The Kier molecular flexibility index (Phi) is 7.51. The molecule has 1 amide bonds. The highest BCUT2D eigenvalue weighted by Gasteiger charge is 2.23. The number of aryl methyl sites for hydroxylation is 1. The van der Waals surface area contributed by atoms with Crippen molar-refractivity contribution in [1.29, 1.82) is 0 Å². The molecule has 1 N–H and O–H groups in total. The molecule has 2 aromatic rings. The SMILES string of the molecule is CCC[C@H](C)Oc1cc(-n2nc(CC)n(C)c2=O)c(F)cc1C(=O)NCC1CCCC1. The predicted octanol–water partition coefficient (Wildman–Crippen LogP) is 3.76. The van der Waals surface area contributed by atoms with Gasteiger partial charge in [-0.1, -0.05) is 33.1 Å². The molecule has 0 unspecified atom stereocenters. The summed E-state index contributed by atoms with van der Waals surface area (Å²) in [6.07, 6.45) is 6.67. The summed E-state index contributed by atoms with van der Waals surface area (Å²) in [5.74, 6) is 0.223. The summed E-state index contributed by atoms with van der Waals surface area (Å²) in [7, 11) is 1.61. The second-order valence-corrected chi connectivity index (χ2v) is 8.40. The molecule has 1 saturated carbocycles. The molecule has 3 rings (SSSR count). The Hall–Kier alpha value is -2.64. The Morgan fingerprint density at radius 1 is 1.32 bits per heavy atom. The van der Waals surface area contributed by atoms with Crippen molar-refractivity contribution in [1.82, 2.24) is 19.7 Å². The highest BCUT2D eigenvalue weighted by molar-refractivity contribution is 5.97. The molecule has 1 heterocycles. The highest BCUT2D eigenvalue weighted by Crippen LogP contribution is 2.28. The van der Waals surface area contributed by atoms with Gasteiger partial charge in [-0.2, -0.15) is 4.68 Å². The molecule has 1 aliphatic rings. The molecule has 7 nitrogen and oxygen atoms in total. The predicted molar refractivity (Wildman–Crippen MR) is 117 cm³/mol. The van der Waals surface area contributed by atoms with Crippen LogP contribution in [0.5, 0.6) is 5.75 Å². The molecule has 170 valence electrons. The quantitative estimate of drug-likeness (QED) is 0.654. The van der Waals surface area contributed by atoms with Gasteiger partial charge in [0.1, 0.15) is 23.1 Å². The summed E-state index contributed by atoms with van der Waals surface area (Å²) in [6, 6.07) is 2.57. The van der Waals surface area contributed by atoms with Crippen LogP contribution in [-0.2, 0) is 13.5 Å². The van der Waals surface area contributed by atoms with Crippen molar-refractivity contribution >= 4 is 5.91 Å². The third kappa shape index (κ3) is 5.17. The van der Waals surface area contributed by atoms with Gasteiger partial charge in [-0.05, 0) is 38.2 Å². The average Bonchev–Trinajstić information content (AvgIpc) is 3.36. The first-order valence-corrected chi connectivity index (χ1v) is 11.3. The van der Waals surface area contributed by atoms with Crippen LogP contribution in [0.4, 0.5) is 4.39 Å². The number of carbonyl (C=O) groups excluding carboxylic acids is 1. The van der Waals surface area contributed by atoms with Gasteiger partial charge in [0, 0.05) is 26.1 Å². The lowest BCUT2D eigenvalue weighted by Crippen LogP contribution is -2.29. The average molecular weight is 433 g/mol. The highest BCUT2D eigenvalue weighted by atomic mass is 19.1. The molecule has 1 aromatic heterocycles. The Labute approximate surface area is 182 Å². The molecule has 0 bridgehead atoms. The van der Waals surface area contributed by atoms with Gasteiger partial charge in [0.15, 0.2) is 0 Å². The number of nitrogens with one attached hydrogen (secondary N) is 1. The maximum absolute atomic E-state index is 15.1. The molecule has 1 aliphatic carbocycles. The van der Waals surface area contributed by atoms with E-state index in [-0.39, 0.29) is 29.0 Å². The fraction of sp³-hybridized carbons (Fsp3) is 0.609. The van der Waals surface area contributed by atoms with Crippen molar-refractivity contribution in [3.63, 3.8) is 0 Å². The Morgan fingerprint density at radius 2 is 2.03 bits per heavy atom. The van der Waals surface area contributed by atoms with Gasteiger partial charge in [-0.3, -0.25) is 9.36 Å². The molecule has 31 heavy (non-hydrogen) atoms. The number of carbonyl (C=O) groups is 1. The van der Waals surface area contributed by atoms with Gasteiger partial charge in [0.05, 0.1) is 11.7 Å². The summed E-state index contributed by atoms with van der Waals surface area (Å²) >= 11 is 0. The molecule has 0 spiro atoms. The second kappa shape index (κ2) is 10.1. The number of hydrogen-bond acceptors (Lipinski definition) is 4. The van der Waals surface area contributed by atoms with E-state index in [0.717, 1.165) is 36.4 Å². The van der Waals surface area contributed by atoms with E-state index in [1.165, 1.54) is 23.5 Å². The monoisotopic (exact) mass is 432 g/mol. The summed E-state index contributed by atoms with van der Waals surface area (Å²) < 4.78 is 23.5. The molecule has 1 fully saturated rings. The fourth-order valence-electron chi connectivity index (χ4n) is 4.15. The summed E-state index contributed by atoms with van der Waals surface area (Å²) in [4.78, 5) is 25.5. The lowest BCUT2D eigenvalue weighted by Gasteiger charge is -2.19. The van der Waals surface area contributed by atoms with Gasteiger partial charge < -0.3 is 10.1 Å². The molecule has 1 aromatic carbocycles. The summed E-state index contributed by atoms with van der Waals surface area (Å²) in [5, 5.41) is 7.18. The third-order valence-electron chi connectivity index (χ3n) is 5.96. The third-order valence-corrected chi connectivity index (χ3v) is 5.96. The van der Waals surface area contributed by atoms with E-state index >= 15 is 4.39 Å². The molecular formula is C23H33FN4O3. The van der Waals surface area contributed by atoms with Crippen LogP contribution in [0, 0.1) is 11.7 Å². The van der Waals surface area contributed by atoms with E-state index in [1.807, 2.05) is 20.8 Å². The number of rotatable bonds is 9. The topological polar surface area (TPSA) is 78.2 Å². The maximum atomic E-state index is 15.1. The van der Waals surface area contributed by atoms with Crippen LogP contribution in [0.15, 0.2) is 16.9 Å². The number of benzene rings is 1. The van der Waals surface area contributed by atoms with Gasteiger partial charge in [-0.15, -0.1) is 5.10 Å². The van der Waals surface area contributed by atoms with Crippen molar-refractivity contribution in [2.75, 3.05) is 6.54 Å². The van der Waals surface area contributed by atoms with E-state index in [1.54, 1.807) is 7.05 Å². The molecule has 0 aliphatic heterocycles. The van der Waals surface area contributed by atoms with E-state index in [2.05, 4.69) is 10.4 Å². The van der Waals surface area contributed by atoms with Gasteiger partial charge >= 0.3 is 5.69 Å². The molecule has 1 atom stereocenters. The minimum atomic E-state index is -0.690. The van der Waals surface area contributed by atoms with Crippen LogP contribution >= 0.6 is 0 Å². The first kappa shape index (κ1) is 23.0. The largest absolute Gasteiger partial charge is 0.490 e. The van der Waals surface area contributed by atoms with E-state index in [4.69, 9.17) is 4.74 Å². The van der Waals surface area contributed by atoms with Crippen LogP contribution in [0.1, 0.15) is 75.5 Å². The molecule has 0 saturated heterocycles. The van der Waals surface area contributed by atoms with Crippen molar-refractivity contribution < 1.29 is 13.9 Å². The van der Waals surface area contributed by atoms with Crippen molar-refractivity contribution in [3.05, 3.63) is 39.8 Å². The van der Waals surface area contributed by atoms with Crippen LogP contribution in [0.25, 0.3) is 5.69 Å². The molecular weight excluding hydrogens is 399 g/mol. The van der Waals surface area contributed by atoms with Crippen LogP contribution in [0.2, 0.25) is 0 Å². The first-order chi connectivity index (χ1) is 14.8. The molecule has 0 radical (unpaired) electrons. The zero-order valence-corrected chi connectivity index (χ0v) is 18.9.